The molecule has 2 atom stereocenters. The first-order chi connectivity index (χ1) is 19.0. The van der Waals surface area contributed by atoms with Gasteiger partial charge in [0.25, 0.3) is 0 Å². The number of fused-ring (bicyclic) bond motifs is 1. The summed E-state index contributed by atoms with van der Waals surface area (Å²) in [6.45, 7) is 0.474. The first-order valence-electron chi connectivity index (χ1n) is 13.6. The molecular weight excluding hydrogens is 490 g/mol. The molecule has 8 heteroatoms. The maximum Gasteiger partial charge on any atom is 0.453 e. The van der Waals surface area contributed by atoms with Gasteiger partial charge >= 0.3 is 6.03 Å². The van der Waals surface area contributed by atoms with Crippen molar-refractivity contribution in [2.24, 2.45) is 16.8 Å². The highest BCUT2D eigenvalue weighted by atomic mass is 16.5. The van der Waals surface area contributed by atoms with Crippen LogP contribution in [0.5, 0.6) is 0 Å². The number of carbonyl (C=O) groups excluding carboxylic acids is 2. The summed E-state index contributed by atoms with van der Waals surface area (Å²) in [6, 6.07) is 24.2. The maximum absolute atomic E-state index is 14.2. The zero-order chi connectivity index (χ0) is 27.2. The van der Waals surface area contributed by atoms with Gasteiger partial charge in [-0.2, -0.15) is 0 Å². The van der Waals surface area contributed by atoms with Gasteiger partial charge in [0.1, 0.15) is 18.3 Å². The van der Waals surface area contributed by atoms with Crippen molar-refractivity contribution in [3.63, 3.8) is 0 Å². The molecule has 0 saturated heterocycles. The molecule has 1 aliphatic heterocycles. The van der Waals surface area contributed by atoms with Crippen molar-refractivity contribution in [2.45, 2.75) is 44.7 Å². The third-order valence-electron chi connectivity index (χ3n) is 7.55. The summed E-state index contributed by atoms with van der Waals surface area (Å²) in [5, 5.41) is 11.4. The predicted molar refractivity (Wildman–Crippen MR) is 155 cm³/mol. The van der Waals surface area contributed by atoms with Crippen molar-refractivity contribution in [3.05, 3.63) is 90.0 Å². The lowest BCUT2D eigenvalue weighted by atomic mass is 9.83. The van der Waals surface area contributed by atoms with Crippen LogP contribution in [0.15, 0.2) is 84.0 Å². The minimum absolute atomic E-state index is 0.125. The molecule has 8 nitrogen and oxygen atoms in total. The highest BCUT2D eigenvalue weighted by molar-refractivity contribution is 6.13. The molecule has 1 aliphatic carbocycles. The number of methoxy groups -OCH3 is 1. The number of hydrogen-bond donors (Lipinski definition) is 3. The number of carbonyl (C=O) groups is 2. The number of nitrogens with zero attached hydrogens (tertiary/aromatic N) is 2. The molecule has 4 N–H and O–H groups in total. The molecule has 3 amide bonds. The summed E-state index contributed by atoms with van der Waals surface area (Å²) in [7, 11) is 1.50. The average molecular weight is 527 g/mol. The van der Waals surface area contributed by atoms with E-state index in [0.29, 0.717) is 17.9 Å². The predicted octanol–water partition coefficient (Wildman–Crippen LogP) is 5.64. The van der Waals surface area contributed by atoms with Crippen LogP contribution in [0.25, 0.3) is 0 Å². The third-order valence-corrected chi connectivity index (χ3v) is 7.55. The van der Waals surface area contributed by atoms with Crippen LogP contribution in [0.1, 0.15) is 43.2 Å². The minimum Gasteiger partial charge on any atom is -0.383 e. The van der Waals surface area contributed by atoms with Gasteiger partial charge in [-0.05, 0) is 31.0 Å². The van der Waals surface area contributed by atoms with Crippen molar-refractivity contribution < 1.29 is 14.3 Å². The van der Waals surface area contributed by atoms with Gasteiger partial charge in [-0.3, -0.25) is 10.1 Å². The minimum atomic E-state index is -0.774. The van der Waals surface area contributed by atoms with Crippen LogP contribution in [-0.2, 0) is 16.1 Å². The van der Waals surface area contributed by atoms with Gasteiger partial charge in [0.15, 0.2) is 5.69 Å². The van der Waals surface area contributed by atoms with E-state index in [1.165, 1.54) is 13.5 Å². The smallest absolute Gasteiger partial charge is 0.383 e. The van der Waals surface area contributed by atoms with Gasteiger partial charge in [0, 0.05) is 42.0 Å². The van der Waals surface area contributed by atoms with E-state index in [1.54, 1.807) is 12.1 Å². The lowest BCUT2D eigenvalue weighted by molar-refractivity contribution is -0.118. The molecule has 39 heavy (non-hydrogen) atoms. The molecule has 0 spiro atoms. The van der Waals surface area contributed by atoms with Gasteiger partial charge < -0.3 is 15.8 Å². The second kappa shape index (κ2) is 11.9. The molecule has 0 radical (unpaired) electrons. The van der Waals surface area contributed by atoms with E-state index in [-0.39, 0.29) is 29.1 Å². The van der Waals surface area contributed by atoms with Gasteiger partial charge in [-0.25, -0.2) is 4.79 Å². The summed E-state index contributed by atoms with van der Waals surface area (Å²) in [5.41, 5.74) is 10.9. The number of hydrogen-bond acceptors (Lipinski definition) is 5. The molecule has 1 fully saturated rings. The van der Waals surface area contributed by atoms with Crippen LogP contribution >= 0.6 is 0 Å². The van der Waals surface area contributed by atoms with Crippen LogP contribution in [0, 0.1) is 5.92 Å². The van der Waals surface area contributed by atoms with Crippen LogP contribution in [0.2, 0.25) is 0 Å². The zero-order valence-corrected chi connectivity index (χ0v) is 22.3. The first-order valence-corrected chi connectivity index (χ1v) is 13.6. The Hall–Kier alpha value is -3.85. The maximum atomic E-state index is 14.2. The highest BCUT2D eigenvalue weighted by Gasteiger charge is 2.45. The standard InChI is InChI=1S/C31H35N5O3/c1-39-21-27(32)30(37)33-24-16-18-25(19-17-24)36(20-22-10-4-2-5-11-22)31(38)34-28-15-9-8-14-26(28)29(35-36)23-12-6-3-7-13-23/h2,4-5,8-11,14-19,23,27H,3,6-7,12-13,20-21,32H2,1H3,(H-,33,34,35,37,38)/p+1/t27?,36-/m0/s1. The zero-order valence-electron chi connectivity index (χ0n) is 22.3. The molecule has 3 aromatic carbocycles. The van der Waals surface area contributed by atoms with Gasteiger partial charge in [-0.1, -0.05) is 77.5 Å². The lowest BCUT2D eigenvalue weighted by Crippen LogP contribution is -2.51. The first kappa shape index (κ1) is 26.7. The van der Waals surface area contributed by atoms with Crippen molar-refractivity contribution >= 4 is 34.7 Å². The molecule has 5 rings (SSSR count). The number of nitrogens with one attached hydrogen (secondary N) is 2. The fourth-order valence-electron chi connectivity index (χ4n) is 5.49. The van der Waals surface area contributed by atoms with Crippen molar-refractivity contribution in [1.29, 1.82) is 0 Å². The molecule has 3 aromatic rings. The number of benzene rings is 3. The van der Waals surface area contributed by atoms with Crippen molar-refractivity contribution in [3.8, 4) is 0 Å². The summed E-state index contributed by atoms with van der Waals surface area (Å²) < 4.78 is 4.73. The molecule has 202 valence electrons. The number of nitrogens with two attached hydrogens (primary N) is 1. The van der Waals surface area contributed by atoms with E-state index >= 15 is 0 Å². The second-order valence-corrected chi connectivity index (χ2v) is 10.3. The van der Waals surface area contributed by atoms with Crippen LogP contribution in [-0.4, -0.2) is 37.4 Å². The average Bonchev–Trinajstić information content (AvgIpc) is 3.09. The Balaban J connectivity index is 1.60. The number of rotatable bonds is 8. The molecule has 2 aliphatic rings. The molecule has 0 aromatic heterocycles. The Labute approximate surface area is 229 Å². The Morgan fingerprint density at radius 2 is 1.72 bits per heavy atom. The summed E-state index contributed by atoms with van der Waals surface area (Å²) in [4.78, 5) is 26.6. The normalized spacial score (nSPS) is 20.3. The molecule has 1 unspecified atom stereocenters. The number of ether oxygens (including phenoxy) is 1. The fraction of sp³-hybridized carbons (Fsp3) is 0.323. The molecule has 1 saturated carbocycles. The van der Waals surface area contributed by atoms with Crippen molar-refractivity contribution in [1.82, 2.24) is 4.59 Å². The SMILES string of the molecule is COCC(N)C(=O)Nc1ccc([N@+]2(Cc3ccccc3)N=C(C3CCCCC3)c3ccccc3NC2=O)cc1. The second-order valence-electron chi connectivity index (χ2n) is 10.3. The summed E-state index contributed by atoms with van der Waals surface area (Å²) in [5.74, 6) is -0.0555. The number of quaternary nitrogens is 1. The van der Waals surface area contributed by atoms with E-state index in [1.807, 2.05) is 60.7 Å². The number of amides is 3. The van der Waals surface area contributed by atoms with E-state index < -0.39 is 6.04 Å². The van der Waals surface area contributed by atoms with Gasteiger partial charge in [0.2, 0.25) is 5.91 Å². The Bertz CT molecular complexity index is 1340. The monoisotopic (exact) mass is 526 g/mol. The van der Waals surface area contributed by atoms with Crippen molar-refractivity contribution in [2.75, 3.05) is 24.4 Å². The third kappa shape index (κ3) is 5.78. The van der Waals surface area contributed by atoms with Gasteiger partial charge in [0.05, 0.1) is 12.3 Å². The van der Waals surface area contributed by atoms with Gasteiger partial charge in [-0.15, -0.1) is 0 Å². The summed E-state index contributed by atoms with van der Waals surface area (Å²) >= 11 is 0. The Morgan fingerprint density at radius 1 is 1.03 bits per heavy atom. The van der Waals surface area contributed by atoms with E-state index in [9.17, 15) is 9.59 Å². The largest absolute Gasteiger partial charge is 0.453 e. The van der Waals surface area contributed by atoms with E-state index in [4.69, 9.17) is 15.6 Å². The van der Waals surface area contributed by atoms with Crippen LogP contribution in [0.3, 0.4) is 0 Å². The van der Waals surface area contributed by atoms with Crippen LogP contribution in [0.4, 0.5) is 21.9 Å². The highest BCUT2D eigenvalue weighted by Crippen LogP contribution is 2.38. The molecule has 0 bridgehead atoms. The Kier molecular flexibility index (Phi) is 8.16. The van der Waals surface area contributed by atoms with E-state index in [0.717, 1.165) is 48.2 Å². The molecule has 1 heterocycles. The van der Waals surface area contributed by atoms with Crippen LogP contribution < -0.4 is 21.0 Å². The number of urea groups is 1. The topological polar surface area (TPSA) is 106 Å². The number of para-hydroxylation sites is 1. The Morgan fingerprint density at radius 3 is 2.44 bits per heavy atom. The summed E-state index contributed by atoms with van der Waals surface area (Å²) in [6.07, 6.45) is 5.66. The fourth-order valence-corrected chi connectivity index (χ4v) is 5.49. The quantitative estimate of drug-likeness (QED) is 0.331. The van der Waals surface area contributed by atoms with E-state index in [2.05, 4.69) is 16.7 Å². The molecular formula is C31H36N5O3+. The lowest BCUT2D eigenvalue weighted by Gasteiger charge is -2.30. The number of anilines is 2.